The Morgan fingerprint density at radius 1 is 1.29 bits per heavy atom. The monoisotopic (exact) mass is 328 g/mol. The summed E-state index contributed by atoms with van der Waals surface area (Å²) in [5, 5.41) is 7.91. The Hall–Kier alpha value is -1.69. The van der Waals surface area contributed by atoms with Crippen LogP contribution in [0.3, 0.4) is 0 Å². The summed E-state index contributed by atoms with van der Waals surface area (Å²) in [4.78, 5) is 2.48. The van der Waals surface area contributed by atoms with E-state index in [1.54, 1.807) is 0 Å². The minimum Gasteiger partial charge on any atom is -0.374 e. The van der Waals surface area contributed by atoms with Crippen molar-refractivity contribution < 1.29 is 4.74 Å². The number of rotatable bonds is 6. The van der Waals surface area contributed by atoms with Gasteiger partial charge in [-0.3, -0.25) is 9.58 Å². The van der Waals surface area contributed by atoms with E-state index in [1.807, 2.05) is 17.9 Å². The van der Waals surface area contributed by atoms with Crippen molar-refractivity contribution in [1.29, 1.82) is 0 Å². The standard InChI is InChI=1S/C19H28N4O/c1-15(18-11-20-22(3)13-18)21-16(2)19-14-23(9-10-24-19)12-17-7-5-4-6-8-17/h4-8,11,13,15-16,19,21H,9-10,12,14H2,1-3H3/t15-,16-,19-/m0/s1. The summed E-state index contributed by atoms with van der Waals surface area (Å²) >= 11 is 0. The molecule has 0 aliphatic carbocycles. The first kappa shape index (κ1) is 17.1. The second-order valence-electron chi connectivity index (χ2n) is 6.75. The van der Waals surface area contributed by atoms with Gasteiger partial charge in [0.2, 0.25) is 0 Å². The molecule has 1 N–H and O–H groups in total. The lowest BCUT2D eigenvalue weighted by Gasteiger charge is -2.37. The fourth-order valence-electron chi connectivity index (χ4n) is 3.28. The molecule has 1 aliphatic rings. The first-order chi connectivity index (χ1) is 11.6. The lowest BCUT2D eigenvalue weighted by Crippen LogP contribution is -2.51. The van der Waals surface area contributed by atoms with Gasteiger partial charge in [-0.25, -0.2) is 0 Å². The van der Waals surface area contributed by atoms with Crippen LogP contribution in [0.2, 0.25) is 0 Å². The van der Waals surface area contributed by atoms with E-state index >= 15 is 0 Å². The molecular formula is C19H28N4O. The number of nitrogens with zero attached hydrogens (tertiary/aromatic N) is 3. The van der Waals surface area contributed by atoms with E-state index in [9.17, 15) is 0 Å². The smallest absolute Gasteiger partial charge is 0.0852 e. The summed E-state index contributed by atoms with van der Waals surface area (Å²) < 4.78 is 7.87. The fraction of sp³-hybridized carbons (Fsp3) is 0.526. The molecule has 2 heterocycles. The number of aryl methyl sites for hydroxylation is 1. The molecule has 0 radical (unpaired) electrons. The number of benzene rings is 1. The lowest BCUT2D eigenvalue weighted by atomic mass is 10.1. The molecule has 3 rings (SSSR count). The molecule has 1 fully saturated rings. The molecule has 2 aromatic rings. The first-order valence-corrected chi connectivity index (χ1v) is 8.74. The molecule has 0 saturated carbocycles. The van der Waals surface area contributed by atoms with Crippen molar-refractivity contribution in [1.82, 2.24) is 20.0 Å². The Labute approximate surface area is 144 Å². The predicted molar refractivity (Wildman–Crippen MR) is 95.7 cm³/mol. The third kappa shape index (κ3) is 4.44. The lowest BCUT2D eigenvalue weighted by molar-refractivity contribution is -0.0474. The van der Waals surface area contributed by atoms with E-state index in [1.165, 1.54) is 11.1 Å². The number of hydrogen-bond acceptors (Lipinski definition) is 4. The molecule has 0 amide bonds. The van der Waals surface area contributed by atoms with Gasteiger partial charge in [-0.15, -0.1) is 0 Å². The molecule has 0 spiro atoms. The van der Waals surface area contributed by atoms with Crippen molar-refractivity contribution in [3.8, 4) is 0 Å². The van der Waals surface area contributed by atoms with Crippen molar-refractivity contribution >= 4 is 0 Å². The van der Waals surface area contributed by atoms with Crippen molar-refractivity contribution in [3.05, 3.63) is 53.9 Å². The second kappa shape index (κ2) is 7.92. The SMILES string of the molecule is C[C@H](N[C@@H](C)[C@@H]1CN(Cc2ccccc2)CCO1)c1cnn(C)c1. The van der Waals surface area contributed by atoms with Crippen LogP contribution < -0.4 is 5.32 Å². The maximum Gasteiger partial charge on any atom is 0.0852 e. The van der Waals surface area contributed by atoms with Crippen LogP contribution in [0.15, 0.2) is 42.7 Å². The van der Waals surface area contributed by atoms with E-state index < -0.39 is 0 Å². The third-order valence-electron chi connectivity index (χ3n) is 4.72. The van der Waals surface area contributed by atoms with E-state index in [4.69, 9.17) is 4.74 Å². The van der Waals surface area contributed by atoms with Crippen LogP contribution in [0.5, 0.6) is 0 Å². The highest BCUT2D eigenvalue weighted by molar-refractivity contribution is 5.14. The Morgan fingerprint density at radius 2 is 2.08 bits per heavy atom. The largest absolute Gasteiger partial charge is 0.374 e. The number of morpholine rings is 1. The maximum absolute atomic E-state index is 6.02. The van der Waals surface area contributed by atoms with Gasteiger partial charge < -0.3 is 10.1 Å². The molecule has 130 valence electrons. The maximum atomic E-state index is 6.02. The fourth-order valence-corrected chi connectivity index (χ4v) is 3.28. The van der Waals surface area contributed by atoms with Gasteiger partial charge in [-0.2, -0.15) is 5.10 Å². The Bertz CT molecular complexity index is 627. The summed E-state index contributed by atoms with van der Waals surface area (Å²) in [7, 11) is 1.95. The van der Waals surface area contributed by atoms with E-state index in [0.717, 1.165) is 26.2 Å². The molecular weight excluding hydrogens is 300 g/mol. The van der Waals surface area contributed by atoms with Crippen LogP contribution in [0.4, 0.5) is 0 Å². The zero-order chi connectivity index (χ0) is 16.9. The highest BCUT2D eigenvalue weighted by atomic mass is 16.5. The molecule has 0 unspecified atom stereocenters. The number of nitrogens with one attached hydrogen (secondary N) is 1. The summed E-state index contributed by atoms with van der Waals surface area (Å²) in [5.74, 6) is 0. The van der Waals surface area contributed by atoms with Crippen LogP contribution in [-0.2, 0) is 18.3 Å². The van der Waals surface area contributed by atoms with Crippen LogP contribution in [0.25, 0.3) is 0 Å². The zero-order valence-electron chi connectivity index (χ0n) is 14.9. The van der Waals surface area contributed by atoms with Crippen LogP contribution in [-0.4, -0.2) is 46.5 Å². The molecule has 3 atom stereocenters. The molecule has 1 aromatic carbocycles. The quantitative estimate of drug-likeness (QED) is 0.884. The highest BCUT2D eigenvalue weighted by Gasteiger charge is 2.26. The van der Waals surface area contributed by atoms with Crippen molar-refractivity contribution in [2.45, 2.75) is 38.6 Å². The van der Waals surface area contributed by atoms with Crippen molar-refractivity contribution in [2.75, 3.05) is 19.7 Å². The topological polar surface area (TPSA) is 42.3 Å². The van der Waals surface area contributed by atoms with Crippen molar-refractivity contribution in [3.63, 3.8) is 0 Å². The molecule has 5 nitrogen and oxygen atoms in total. The van der Waals surface area contributed by atoms with Crippen molar-refractivity contribution in [2.24, 2.45) is 7.05 Å². The van der Waals surface area contributed by atoms with Gasteiger partial charge >= 0.3 is 0 Å². The number of hydrogen-bond donors (Lipinski definition) is 1. The molecule has 1 aromatic heterocycles. The van der Waals surface area contributed by atoms with Crippen LogP contribution in [0.1, 0.15) is 31.0 Å². The molecule has 0 bridgehead atoms. The van der Waals surface area contributed by atoms with Gasteiger partial charge in [0.1, 0.15) is 0 Å². The molecule has 1 aliphatic heterocycles. The normalized spacial score (nSPS) is 21.5. The van der Waals surface area contributed by atoms with Gasteiger partial charge in [0.15, 0.2) is 0 Å². The highest BCUT2D eigenvalue weighted by Crippen LogP contribution is 2.16. The minimum atomic E-state index is 0.210. The molecule has 24 heavy (non-hydrogen) atoms. The minimum absolute atomic E-state index is 0.210. The van der Waals surface area contributed by atoms with Crippen LogP contribution in [0, 0.1) is 0 Å². The molecule has 1 saturated heterocycles. The van der Waals surface area contributed by atoms with Gasteiger partial charge in [0.05, 0.1) is 18.9 Å². The average molecular weight is 328 g/mol. The Balaban J connectivity index is 1.53. The Kier molecular flexibility index (Phi) is 5.66. The summed E-state index contributed by atoms with van der Waals surface area (Å²) in [5.41, 5.74) is 2.57. The predicted octanol–water partition coefficient (Wildman–Crippen LogP) is 2.36. The van der Waals surface area contributed by atoms with Gasteiger partial charge in [-0.05, 0) is 19.4 Å². The second-order valence-corrected chi connectivity index (χ2v) is 6.75. The summed E-state index contributed by atoms with van der Waals surface area (Å²) in [6.07, 6.45) is 4.20. The number of aromatic nitrogens is 2. The van der Waals surface area contributed by atoms with E-state index in [-0.39, 0.29) is 12.1 Å². The Morgan fingerprint density at radius 3 is 2.79 bits per heavy atom. The number of ether oxygens (including phenoxy) is 1. The van der Waals surface area contributed by atoms with E-state index in [0.29, 0.717) is 6.04 Å². The first-order valence-electron chi connectivity index (χ1n) is 8.74. The average Bonchev–Trinajstić information content (AvgIpc) is 3.03. The molecule has 5 heteroatoms. The van der Waals surface area contributed by atoms with Gasteiger partial charge in [0, 0.05) is 50.5 Å². The van der Waals surface area contributed by atoms with Gasteiger partial charge in [0.25, 0.3) is 0 Å². The van der Waals surface area contributed by atoms with E-state index in [2.05, 4.69) is 65.7 Å². The zero-order valence-corrected chi connectivity index (χ0v) is 14.9. The van der Waals surface area contributed by atoms with Gasteiger partial charge in [-0.1, -0.05) is 30.3 Å². The summed E-state index contributed by atoms with van der Waals surface area (Å²) in [6, 6.07) is 11.2. The summed E-state index contributed by atoms with van der Waals surface area (Å²) in [6.45, 7) is 8.14. The third-order valence-corrected chi connectivity index (χ3v) is 4.72. The van der Waals surface area contributed by atoms with Crippen LogP contribution >= 0.6 is 0 Å².